The Hall–Kier alpha value is -7.02. The van der Waals surface area contributed by atoms with E-state index in [1.807, 2.05) is 11.3 Å². The molecule has 4 nitrogen and oxygen atoms in total. The van der Waals surface area contributed by atoms with E-state index in [0.29, 0.717) is 0 Å². The van der Waals surface area contributed by atoms with Crippen LogP contribution < -0.4 is 20.8 Å². The first-order valence-electron chi connectivity index (χ1n) is 28.5. The molecule has 0 radical (unpaired) electrons. The van der Waals surface area contributed by atoms with Crippen LogP contribution in [0.5, 0.6) is 0 Å². The third-order valence-electron chi connectivity index (χ3n) is 17.8. The number of anilines is 5. The molecule has 0 saturated carbocycles. The number of rotatable bonds is 12. The Labute approximate surface area is 452 Å². The molecule has 0 fully saturated rings. The van der Waals surface area contributed by atoms with Crippen LogP contribution in [0.4, 0.5) is 28.4 Å². The summed E-state index contributed by atoms with van der Waals surface area (Å²) in [4.78, 5) is 5.25. The van der Waals surface area contributed by atoms with Gasteiger partial charge in [-0.15, -0.1) is 11.3 Å². The zero-order valence-electron chi connectivity index (χ0n) is 45.3. The topological polar surface area (TPSA) is 32.8 Å². The van der Waals surface area contributed by atoms with Crippen LogP contribution >= 0.6 is 11.3 Å². The van der Waals surface area contributed by atoms with E-state index in [1.54, 1.807) is 0 Å². The molecule has 6 heteroatoms. The van der Waals surface area contributed by atoms with Crippen LogP contribution in [0.2, 0.25) is 0 Å². The predicted molar refractivity (Wildman–Crippen MR) is 327 cm³/mol. The van der Waals surface area contributed by atoms with E-state index in [2.05, 4.69) is 204 Å². The highest BCUT2D eigenvalue weighted by Crippen LogP contribution is 2.56. The number of unbranched alkanes of at least 4 members (excludes halogenated alkanes) is 3. The third kappa shape index (κ3) is 7.37. The van der Waals surface area contributed by atoms with Gasteiger partial charge in [0.15, 0.2) is 0 Å². The van der Waals surface area contributed by atoms with Crippen LogP contribution in [0, 0.1) is 0 Å². The molecule has 3 aromatic heterocycles. The second-order valence-corrected chi connectivity index (χ2v) is 24.8. The highest BCUT2D eigenvalue weighted by Gasteiger charge is 2.50. The van der Waals surface area contributed by atoms with Gasteiger partial charge in [0.25, 0.3) is 0 Å². The van der Waals surface area contributed by atoms with Gasteiger partial charge in [-0.05, 0) is 174 Å². The summed E-state index contributed by atoms with van der Waals surface area (Å²) in [6.45, 7) is 16.3. The number of hydrogen-bond acceptors (Lipinski definition) is 5. The van der Waals surface area contributed by atoms with Crippen molar-refractivity contribution in [3.05, 3.63) is 173 Å². The van der Waals surface area contributed by atoms with Crippen molar-refractivity contribution in [1.29, 1.82) is 0 Å². The second-order valence-electron chi connectivity index (χ2n) is 23.7. The van der Waals surface area contributed by atoms with Gasteiger partial charge in [0.2, 0.25) is 0 Å². The SMILES string of the molecule is CCCCc1ccc(N2B3c4oc5ccc(CCCC)cc5c4N(c4ccc(CCCC)cc4-c4ccccc4)c4cc5c(oc6ccccc65)c(c43)-c3cc4c(cc32)sc2cc3c(cc24)C(C)(C)CCC3(C)C)cc1. The first-order valence-corrected chi connectivity index (χ1v) is 29.3. The molecule has 0 unspecified atom stereocenters. The Morgan fingerprint density at radius 3 is 1.89 bits per heavy atom. The molecule has 8 aromatic carbocycles. The lowest BCUT2D eigenvalue weighted by Gasteiger charge is -2.44. The van der Waals surface area contributed by atoms with E-state index in [1.165, 1.54) is 102 Å². The summed E-state index contributed by atoms with van der Waals surface area (Å²) in [5.74, 6) is 0. The van der Waals surface area contributed by atoms with Crippen molar-refractivity contribution in [2.24, 2.45) is 0 Å². The number of nitrogens with zero attached hydrogens (tertiary/aromatic N) is 2. The molecule has 0 atom stereocenters. The Morgan fingerprint density at radius 1 is 0.513 bits per heavy atom. The minimum atomic E-state index is -0.320. The lowest BCUT2D eigenvalue weighted by Crippen LogP contribution is -2.61. The molecule has 11 aromatic rings. The average molecular weight is 1010 g/mol. The molecule has 378 valence electrons. The van der Waals surface area contributed by atoms with Crippen molar-refractivity contribution in [1.82, 2.24) is 0 Å². The number of hydrogen-bond donors (Lipinski definition) is 0. The van der Waals surface area contributed by atoms with Gasteiger partial charge in [-0.2, -0.15) is 0 Å². The standard InChI is InChI=1S/C70H67BN2O2S/c1-8-11-19-43-26-30-47(31-27-43)73-58-42-63-50(51-39-55-56(41-62(51)76-63)70(6,7)35-34-69(55,4)5)38-53(58)64-65-59(40-52-48-24-17-18-25-60(48)74-67(52)64)72(57-32-28-44(20-12-9-2)36-49(57)46-22-15-14-16-23-46)66-54-37-45(21-13-10-3)29-33-61(54)75-68(66)71(65)73/h14-18,22-33,36-42H,8-13,19-21,34-35H2,1-7H3. The summed E-state index contributed by atoms with van der Waals surface area (Å²) < 4.78 is 17.6. The highest BCUT2D eigenvalue weighted by molar-refractivity contribution is 7.26. The fourth-order valence-electron chi connectivity index (χ4n) is 13.5. The van der Waals surface area contributed by atoms with E-state index in [-0.39, 0.29) is 17.7 Å². The largest absolute Gasteiger partial charge is 0.466 e. The maximum Gasteiger partial charge on any atom is 0.376 e. The monoisotopic (exact) mass is 1010 g/mol. The van der Waals surface area contributed by atoms with Gasteiger partial charge in [-0.3, -0.25) is 0 Å². The van der Waals surface area contributed by atoms with Crippen molar-refractivity contribution < 1.29 is 8.83 Å². The molecule has 14 rings (SSSR count). The molecule has 0 spiro atoms. The minimum Gasteiger partial charge on any atom is -0.466 e. The summed E-state index contributed by atoms with van der Waals surface area (Å²) in [5.41, 5.74) is 22.7. The van der Waals surface area contributed by atoms with Gasteiger partial charge < -0.3 is 18.5 Å². The van der Waals surface area contributed by atoms with E-state index in [4.69, 9.17) is 8.83 Å². The maximum absolute atomic E-state index is 7.61. The molecule has 0 amide bonds. The number of thiophene rings is 1. The fraction of sp³-hybridized carbons (Fsp3) is 0.286. The van der Waals surface area contributed by atoms with Gasteiger partial charge in [0, 0.05) is 70.1 Å². The van der Waals surface area contributed by atoms with E-state index in [9.17, 15) is 0 Å². The molecule has 0 saturated heterocycles. The Morgan fingerprint density at radius 2 is 1.14 bits per heavy atom. The molecule has 76 heavy (non-hydrogen) atoms. The van der Waals surface area contributed by atoms with Crippen molar-refractivity contribution in [2.75, 3.05) is 9.71 Å². The summed E-state index contributed by atoms with van der Waals surface area (Å²) in [7, 11) is 0. The van der Waals surface area contributed by atoms with E-state index in [0.717, 1.165) is 112 Å². The maximum atomic E-state index is 7.61. The first kappa shape index (κ1) is 47.4. The zero-order chi connectivity index (χ0) is 51.6. The third-order valence-corrected chi connectivity index (χ3v) is 18.9. The number of aryl methyl sites for hydroxylation is 3. The molecular formula is C70H67BN2O2S. The normalized spacial score (nSPS) is 15.3. The quantitative estimate of drug-likeness (QED) is 0.114. The Bertz CT molecular complexity index is 4100. The molecule has 5 heterocycles. The lowest BCUT2D eigenvalue weighted by atomic mass is 9.45. The van der Waals surface area contributed by atoms with Crippen LogP contribution in [0.1, 0.15) is 128 Å². The molecule has 0 N–H and O–H groups in total. The van der Waals surface area contributed by atoms with Gasteiger partial charge in [0.1, 0.15) is 22.4 Å². The van der Waals surface area contributed by atoms with Crippen molar-refractivity contribution >= 4 is 111 Å². The summed E-state index contributed by atoms with van der Waals surface area (Å²) >= 11 is 1.95. The van der Waals surface area contributed by atoms with Gasteiger partial charge >= 0.3 is 6.85 Å². The number of benzene rings is 8. The van der Waals surface area contributed by atoms with Crippen LogP contribution in [-0.2, 0) is 30.1 Å². The van der Waals surface area contributed by atoms with Gasteiger partial charge in [0.05, 0.1) is 11.4 Å². The minimum absolute atomic E-state index is 0.0884. The summed E-state index contributed by atoms with van der Waals surface area (Å²) in [6, 6.07) is 56.2. The van der Waals surface area contributed by atoms with Crippen molar-refractivity contribution in [3.8, 4) is 22.3 Å². The van der Waals surface area contributed by atoms with Gasteiger partial charge in [-0.25, -0.2) is 0 Å². The second kappa shape index (κ2) is 18.1. The number of fused-ring (bicyclic) bond motifs is 14. The van der Waals surface area contributed by atoms with E-state index < -0.39 is 0 Å². The van der Waals surface area contributed by atoms with E-state index >= 15 is 0 Å². The smallest absolute Gasteiger partial charge is 0.376 e. The number of para-hydroxylation sites is 1. The first-order chi connectivity index (χ1) is 37.0. The predicted octanol–water partition coefficient (Wildman–Crippen LogP) is 19.5. The fourth-order valence-corrected chi connectivity index (χ4v) is 14.6. The Kier molecular flexibility index (Phi) is 11.3. The van der Waals surface area contributed by atoms with Crippen molar-refractivity contribution in [3.63, 3.8) is 0 Å². The average Bonchev–Trinajstić information content (AvgIpc) is 4.24. The summed E-state index contributed by atoms with van der Waals surface area (Å²) in [6.07, 6.45) is 12.4. The zero-order valence-corrected chi connectivity index (χ0v) is 46.1. The van der Waals surface area contributed by atoms with Crippen LogP contribution in [0.25, 0.3) is 75.3 Å². The van der Waals surface area contributed by atoms with Crippen LogP contribution in [0.15, 0.2) is 154 Å². The Balaban J connectivity index is 1.14. The van der Waals surface area contributed by atoms with Gasteiger partial charge in [-0.1, -0.05) is 141 Å². The summed E-state index contributed by atoms with van der Waals surface area (Å²) in [5, 5.41) is 6.06. The van der Waals surface area contributed by atoms with Crippen LogP contribution in [-0.4, -0.2) is 6.85 Å². The molecule has 0 bridgehead atoms. The van der Waals surface area contributed by atoms with Crippen LogP contribution in [0.3, 0.4) is 0 Å². The lowest BCUT2D eigenvalue weighted by molar-refractivity contribution is 0.332. The molecule has 1 aliphatic carbocycles. The number of furan rings is 2. The molecule has 3 aliphatic rings. The highest BCUT2D eigenvalue weighted by atomic mass is 32.1. The molecule has 2 aliphatic heterocycles. The molecular weight excluding hydrogens is 944 g/mol. The van der Waals surface area contributed by atoms with Crippen molar-refractivity contribution in [2.45, 2.75) is 130 Å².